The van der Waals surface area contributed by atoms with Gasteiger partial charge in [-0.3, -0.25) is 4.79 Å². The van der Waals surface area contributed by atoms with Crippen molar-refractivity contribution in [2.24, 2.45) is 5.73 Å². The summed E-state index contributed by atoms with van der Waals surface area (Å²) in [7, 11) is 1.39. The summed E-state index contributed by atoms with van der Waals surface area (Å²) in [5.74, 6) is -0.182. The van der Waals surface area contributed by atoms with Crippen molar-refractivity contribution in [3.63, 3.8) is 0 Å². The summed E-state index contributed by atoms with van der Waals surface area (Å²) in [6.07, 6.45) is -2.98. The largest absolute Gasteiger partial charge is 0.496 e. The molecule has 2 N–H and O–H groups in total. The normalized spacial score (nSPS) is 19.6. The summed E-state index contributed by atoms with van der Waals surface area (Å²) in [4.78, 5) is 12.6. The number of rotatable bonds is 5. The van der Waals surface area contributed by atoms with Crippen LogP contribution in [-0.2, 0) is 20.9 Å². The number of halogens is 3. The van der Waals surface area contributed by atoms with Gasteiger partial charge < -0.3 is 19.9 Å². The number of ether oxygens (including phenoxy) is 3. The highest BCUT2D eigenvalue weighted by molar-refractivity contribution is 5.99. The standard InChI is InChI=1S/C20H19F3N2O4/c1-27-15-6-5-11(7-12(15)9-28-10-20(21,22)23)17-13(8-24)19(25)29-16-4-2-3-14(26)18(16)17/h5-7,17H,2-4,9-10,25H2,1H3. The number of hydrogen-bond donors (Lipinski definition) is 1. The monoisotopic (exact) mass is 408 g/mol. The number of carbonyl (C=O) groups is 1. The number of carbonyl (C=O) groups excluding carboxylic acids is 1. The van der Waals surface area contributed by atoms with Gasteiger partial charge in [0.1, 0.15) is 29.8 Å². The highest BCUT2D eigenvalue weighted by Gasteiger charge is 2.38. The molecule has 2 aliphatic rings. The second kappa shape index (κ2) is 8.17. The van der Waals surface area contributed by atoms with E-state index in [9.17, 15) is 23.2 Å². The van der Waals surface area contributed by atoms with Gasteiger partial charge in [-0.25, -0.2) is 0 Å². The van der Waals surface area contributed by atoms with Gasteiger partial charge >= 0.3 is 6.18 Å². The summed E-state index contributed by atoms with van der Waals surface area (Å²) in [5, 5.41) is 9.59. The van der Waals surface area contributed by atoms with Crippen LogP contribution in [0.2, 0.25) is 0 Å². The number of Topliss-reactive ketones (excluding diaryl/α,β-unsaturated/α-hetero) is 1. The van der Waals surface area contributed by atoms with Crippen LogP contribution in [0.15, 0.2) is 41.0 Å². The minimum absolute atomic E-state index is 0.0726. The predicted octanol–water partition coefficient (Wildman–Crippen LogP) is 3.59. The fourth-order valence-corrected chi connectivity index (χ4v) is 3.56. The van der Waals surface area contributed by atoms with Gasteiger partial charge in [0, 0.05) is 24.0 Å². The third-order valence-corrected chi connectivity index (χ3v) is 4.77. The second-order valence-electron chi connectivity index (χ2n) is 6.72. The Morgan fingerprint density at radius 3 is 2.76 bits per heavy atom. The quantitative estimate of drug-likeness (QED) is 0.800. The zero-order valence-electron chi connectivity index (χ0n) is 15.6. The first-order chi connectivity index (χ1) is 13.7. The van der Waals surface area contributed by atoms with E-state index in [1.807, 2.05) is 6.07 Å². The molecule has 3 rings (SSSR count). The van der Waals surface area contributed by atoms with E-state index in [2.05, 4.69) is 0 Å². The zero-order chi connectivity index (χ0) is 21.2. The molecule has 0 radical (unpaired) electrons. The summed E-state index contributed by atoms with van der Waals surface area (Å²) in [6.45, 7) is -1.75. The Morgan fingerprint density at radius 1 is 1.34 bits per heavy atom. The van der Waals surface area contributed by atoms with Crippen molar-refractivity contribution in [3.8, 4) is 11.8 Å². The molecule has 154 valence electrons. The van der Waals surface area contributed by atoms with Crippen molar-refractivity contribution < 1.29 is 32.2 Å². The van der Waals surface area contributed by atoms with Crippen LogP contribution in [0.4, 0.5) is 13.2 Å². The Balaban J connectivity index is 2.01. The lowest BCUT2D eigenvalue weighted by molar-refractivity contribution is -0.176. The van der Waals surface area contributed by atoms with E-state index >= 15 is 0 Å². The van der Waals surface area contributed by atoms with Crippen LogP contribution in [0.1, 0.15) is 36.3 Å². The van der Waals surface area contributed by atoms with E-state index in [4.69, 9.17) is 19.9 Å². The molecule has 6 nitrogen and oxygen atoms in total. The van der Waals surface area contributed by atoms with Gasteiger partial charge in [-0.15, -0.1) is 0 Å². The highest BCUT2D eigenvalue weighted by atomic mass is 19.4. The minimum atomic E-state index is -4.45. The SMILES string of the molecule is COc1ccc(C2C(C#N)=C(N)OC3=C2C(=O)CCC3)cc1COCC(F)(F)F. The molecule has 0 fully saturated rings. The van der Waals surface area contributed by atoms with Gasteiger partial charge in [0.2, 0.25) is 5.88 Å². The first kappa shape index (κ1) is 20.7. The van der Waals surface area contributed by atoms with E-state index in [0.29, 0.717) is 47.5 Å². The molecule has 0 aromatic heterocycles. The Bertz CT molecular complexity index is 929. The van der Waals surface area contributed by atoms with Crippen LogP contribution >= 0.6 is 0 Å². The van der Waals surface area contributed by atoms with E-state index in [0.717, 1.165) is 0 Å². The number of hydrogen-bond acceptors (Lipinski definition) is 6. The molecule has 0 spiro atoms. The third-order valence-electron chi connectivity index (χ3n) is 4.77. The maximum Gasteiger partial charge on any atom is 0.411 e. The predicted molar refractivity (Wildman–Crippen MR) is 95.2 cm³/mol. The zero-order valence-corrected chi connectivity index (χ0v) is 15.6. The summed E-state index contributed by atoms with van der Waals surface area (Å²) in [5.41, 5.74) is 7.26. The van der Waals surface area contributed by atoms with Crippen molar-refractivity contribution in [2.75, 3.05) is 13.7 Å². The molecule has 1 aromatic carbocycles. The number of ketones is 1. The fourth-order valence-electron chi connectivity index (χ4n) is 3.56. The van der Waals surface area contributed by atoms with Gasteiger partial charge in [-0.05, 0) is 24.1 Å². The lowest BCUT2D eigenvalue weighted by Crippen LogP contribution is -2.27. The van der Waals surface area contributed by atoms with Gasteiger partial charge in [0.05, 0.1) is 19.6 Å². The molecular weight excluding hydrogens is 389 g/mol. The lowest BCUT2D eigenvalue weighted by atomic mass is 9.77. The van der Waals surface area contributed by atoms with Crippen LogP contribution in [-0.4, -0.2) is 25.7 Å². The van der Waals surface area contributed by atoms with E-state index in [1.54, 1.807) is 18.2 Å². The third kappa shape index (κ3) is 4.38. The number of nitrogens with zero attached hydrogens (tertiary/aromatic N) is 1. The van der Waals surface area contributed by atoms with Crippen LogP contribution in [0.3, 0.4) is 0 Å². The maximum absolute atomic E-state index is 12.6. The highest BCUT2D eigenvalue weighted by Crippen LogP contribution is 2.44. The number of allylic oxidation sites excluding steroid dienone is 3. The van der Waals surface area contributed by atoms with Gasteiger partial charge in [-0.2, -0.15) is 18.4 Å². The smallest absolute Gasteiger partial charge is 0.411 e. The van der Waals surface area contributed by atoms with Crippen molar-refractivity contribution in [1.29, 1.82) is 5.26 Å². The molecule has 0 bridgehead atoms. The molecule has 1 aliphatic carbocycles. The Labute approximate surface area is 165 Å². The number of nitrogens with two attached hydrogens (primary N) is 1. The summed E-state index contributed by atoms with van der Waals surface area (Å²) in [6, 6.07) is 6.79. The topological polar surface area (TPSA) is 94.6 Å². The van der Waals surface area contributed by atoms with Gasteiger partial charge in [-0.1, -0.05) is 6.07 Å². The summed E-state index contributed by atoms with van der Waals surface area (Å²) < 4.78 is 52.7. The Kier molecular flexibility index (Phi) is 5.84. The second-order valence-corrected chi connectivity index (χ2v) is 6.72. The average Bonchev–Trinajstić information content (AvgIpc) is 2.66. The molecular formula is C20H19F3N2O4. The fraction of sp³-hybridized carbons (Fsp3) is 0.400. The number of benzene rings is 1. The molecule has 0 saturated carbocycles. The molecule has 1 aliphatic heterocycles. The number of alkyl halides is 3. The lowest BCUT2D eigenvalue weighted by Gasteiger charge is -2.31. The van der Waals surface area contributed by atoms with Crippen molar-refractivity contribution >= 4 is 5.78 Å². The van der Waals surface area contributed by atoms with Crippen molar-refractivity contribution in [2.45, 2.75) is 38.0 Å². The van der Waals surface area contributed by atoms with Gasteiger partial charge in [0.25, 0.3) is 0 Å². The molecule has 1 aromatic rings. The molecule has 9 heteroatoms. The average molecular weight is 408 g/mol. The first-order valence-electron chi connectivity index (χ1n) is 8.90. The Hall–Kier alpha value is -2.99. The molecule has 1 atom stereocenters. The minimum Gasteiger partial charge on any atom is -0.496 e. The van der Waals surface area contributed by atoms with Crippen LogP contribution in [0, 0.1) is 11.3 Å². The first-order valence-corrected chi connectivity index (χ1v) is 8.90. The van der Waals surface area contributed by atoms with E-state index < -0.39 is 18.7 Å². The maximum atomic E-state index is 12.6. The molecule has 1 heterocycles. The van der Waals surface area contributed by atoms with Crippen molar-refractivity contribution in [1.82, 2.24) is 0 Å². The Morgan fingerprint density at radius 2 is 2.10 bits per heavy atom. The van der Waals surface area contributed by atoms with Crippen LogP contribution in [0.5, 0.6) is 5.75 Å². The number of methoxy groups -OCH3 is 1. The van der Waals surface area contributed by atoms with Crippen molar-refractivity contribution in [3.05, 3.63) is 52.1 Å². The van der Waals surface area contributed by atoms with E-state index in [-0.39, 0.29) is 23.8 Å². The van der Waals surface area contributed by atoms with Crippen LogP contribution in [0.25, 0.3) is 0 Å². The molecule has 1 unspecified atom stereocenters. The number of nitriles is 1. The molecule has 0 saturated heterocycles. The molecule has 0 amide bonds. The van der Waals surface area contributed by atoms with E-state index in [1.165, 1.54) is 7.11 Å². The van der Waals surface area contributed by atoms with Gasteiger partial charge in [0.15, 0.2) is 5.78 Å². The summed E-state index contributed by atoms with van der Waals surface area (Å²) >= 11 is 0. The van der Waals surface area contributed by atoms with Crippen LogP contribution < -0.4 is 10.5 Å². The molecule has 29 heavy (non-hydrogen) atoms.